The van der Waals surface area contributed by atoms with E-state index in [1.165, 1.54) is 24.2 Å². The molecule has 4 heteroatoms. The average Bonchev–Trinajstić information content (AvgIpc) is 2.75. The monoisotopic (exact) mass is 271 g/mol. The second-order valence-electron chi connectivity index (χ2n) is 5.46. The molecular weight excluding hydrogens is 250 g/mol. The SMILES string of the molecule is COc1cc(N)cc(Cn2c(C)nc3c2CCCC3)c1. The van der Waals surface area contributed by atoms with E-state index in [4.69, 9.17) is 15.5 Å². The van der Waals surface area contributed by atoms with Crippen LogP contribution in [0.1, 0.15) is 35.6 Å². The Bertz CT molecular complexity index is 631. The van der Waals surface area contributed by atoms with Crippen LogP contribution in [0.2, 0.25) is 0 Å². The largest absolute Gasteiger partial charge is 0.497 e. The lowest BCUT2D eigenvalue weighted by Crippen LogP contribution is -2.10. The highest BCUT2D eigenvalue weighted by Crippen LogP contribution is 2.25. The summed E-state index contributed by atoms with van der Waals surface area (Å²) in [6, 6.07) is 5.90. The van der Waals surface area contributed by atoms with Crippen LogP contribution in [0, 0.1) is 6.92 Å². The van der Waals surface area contributed by atoms with Crippen molar-refractivity contribution in [2.45, 2.75) is 39.2 Å². The molecule has 1 aliphatic carbocycles. The number of fused-ring (bicyclic) bond motifs is 1. The summed E-state index contributed by atoms with van der Waals surface area (Å²) in [5.41, 5.74) is 10.5. The van der Waals surface area contributed by atoms with Gasteiger partial charge in [-0.25, -0.2) is 4.98 Å². The van der Waals surface area contributed by atoms with Gasteiger partial charge in [0.2, 0.25) is 0 Å². The molecule has 0 radical (unpaired) electrons. The van der Waals surface area contributed by atoms with Crippen LogP contribution in [0.3, 0.4) is 0 Å². The molecule has 1 aromatic carbocycles. The number of methoxy groups -OCH3 is 1. The quantitative estimate of drug-likeness (QED) is 0.873. The molecule has 0 saturated carbocycles. The van der Waals surface area contributed by atoms with E-state index < -0.39 is 0 Å². The summed E-state index contributed by atoms with van der Waals surface area (Å²) in [6.45, 7) is 2.90. The first-order valence-corrected chi connectivity index (χ1v) is 7.15. The molecule has 0 amide bonds. The van der Waals surface area contributed by atoms with Gasteiger partial charge >= 0.3 is 0 Å². The van der Waals surface area contributed by atoms with Gasteiger partial charge in [0.25, 0.3) is 0 Å². The predicted molar refractivity (Wildman–Crippen MR) is 80.1 cm³/mol. The Morgan fingerprint density at radius 2 is 2.05 bits per heavy atom. The van der Waals surface area contributed by atoms with Gasteiger partial charge < -0.3 is 15.0 Å². The molecule has 106 valence electrons. The molecule has 1 aliphatic rings. The number of aryl methyl sites for hydroxylation is 2. The molecule has 0 fully saturated rings. The Labute approximate surface area is 119 Å². The summed E-state index contributed by atoms with van der Waals surface area (Å²) >= 11 is 0. The van der Waals surface area contributed by atoms with Gasteiger partial charge in [0.05, 0.1) is 12.8 Å². The zero-order chi connectivity index (χ0) is 14.1. The second-order valence-corrected chi connectivity index (χ2v) is 5.46. The highest BCUT2D eigenvalue weighted by Gasteiger charge is 2.18. The maximum absolute atomic E-state index is 5.93. The lowest BCUT2D eigenvalue weighted by molar-refractivity contribution is 0.414. The number of nitrogen functional groups attached to an aromatic ring is 1. The first-order chi connectivity index (χ1) is 9.67. The fraction of sp³-hybridized carbons (Fsp3) is 0.438. The molecule has 3 rings (SSSR count). The molecule has 2 aromatic rings. The lowest BCUT2D eigenvalue weighted by atomic mass is 10.0. The van der Waals surface area contributed by atoms with Crippen LogP contribution in [0.5, 0.6) is 5.75 Å². The van der Waals surface area contributed by atoms with Crippen molar-refractivity contribution in [2.24, 2.45) is 0 Å². The van der Waals surface area contributed by atoms with Crippen LogP contribution in [0.25, 0.3) is 0 Å². The van der Waals surface area contributed by atoms with Gasteiger partial charge in [-0.1, -0.05) is 0 Å². The van der Waals surface area contributed by atoms with Gasteiger partial charge in [0.15, 0.2) is 0 Å². The van der Waals surface area contributed by atoms with Crippen molar-refractivity contribution in [1.82, 2.24) is 9.55 Å². The Kier molecular flexibility index (Phi) is 3.38. The first kappa shape index (κ1) is 13.0. The number of nitrogens with two attached hydrogens (primary N) is 1. The third kappa shape index (κ3) is 2.38. The molecule has 0 spiro atoms. The number of benzene rings is 1. The molecule has 1 aromatic heterocycles. The highest BCUT2D eigenvalue weighted by molar-refractivity contribution is 5.47. The Morgan fingerprint density at radius 3 is 2.85 bits per heavy atom. The highest BCUT2D eigenvalue weighted by atomic mass is 16.5. The van der Waals surface area contributed by atoms with Crippen LogP contribution in [0.15, 0.2) is 18.2 Å². The van der Waals surface area contributed by atoms with Gasteiger partial charge in [0, 0.05) is 24.0 Å². The predicted octanol–water partition coefficient (Wildman–Crippen LogP) is 2.71. The topological polar surface area (TPSA) is 53.1 Å². The van der Waals surface area contributed by atoms with Crippen molar-refractivity contribution in [3.63, 3.8) is 0 Å². The number of rotatable bonds is 3. The van der Waals surface area contributed by atoms with Crippen molar-refractivity contribution >= 4 is 5.69 Å². The zero-order valence-corrected chi connectivity index (χ0v) is 12.1. The van der Waals surface area contributed by atoms with E-state index in [2.05, 4.69) is 11.5 Å². The summed E-state index contributed by atoms with van der Waals surface area (Å²) in [5.74, 6) is 1.91. The van der Waals surface area contributed by atoms with Gasteiger partial charge in [-0.15, -0.1) is 0 Å². The normalized spacial score (nSPS) is 14.1. The fourth-order valence-electron chi connectivity index (χ4n) is 3.02. The van der Waals surface area contributed by atoms with E-state index >= 15 is 0 Å². The molecule has 0 saturated heterocycles. The first-order valence-electron chi connectivity index (χ1n) is 7.15. The third-order valence-electron chi connectivity index (χ3n) is 3.99. The Balaban J connectivity index is 1.95. The van der Waals surface area contributed by atoms with Crippen molar-refractivity contribution in [2.75, 3.05) is 12.8 Å². The number of anilines is 1. The number of hydrogen-bond acceptors (Lipinski definition) is 3. The molecule has 0 unspecified atom stereocenters. The maximum atomic E-state index is 5.93. The van der Waals surface area contributed by atoms with Crippen molar-refractivity contribution in [3.05, 3.63) is 41.0 Å². The molecule has 1 heterocycles. The minimum absolute atomic E-state index is 0.742. The van der Waals surface area contributed by atoms with Crippen molar-refractivity contribution in [1.29, 1.82) is 0 Å². The maximum Gasteiger partial charge on any atom is 0.121 e. The van der Waals surface area contributed by atoms with E-state index in [1.807, 2.05) is 18.2 Å². The minimum Gasteiger partial charge on any atom is -0.497 e. The van der Waals surface area contributed by atoms with E-state index in [0.29, 0.717) is 0 Å². The summed E-state index contributed by atoms with van der Waals surface area (Å²) in [7, 11) is 1.67. The lowest BCUT2D eigenvalue weighted by Gasteiger charge is -2.15. The van der Waals surface area contributed by atoms with Crippen LogP contribution < -0.4 is 10.5 Å². The number of aromatic nitrogens is 2. The van der Waals surface area contributed by atoms with E-state index in [0.717, 1.165) is 42.2 Å². The molecule has 0 bridgehead atoms. The van der Waals surface area contributed by atoms with E-state index in [9.17, 15) is 0 Å². The zero-order valence-electron chi connectivity index (χ0n) is 12.1. The molecule has 4 nitrogen and oxygen atoms in total. The van der Waals surface area contributed by atoms with E-state index in [1.54, 1.807) is 7.11 Å². The van der Waals surface area contributed by atoms with Gasteiger partial charge in [-0.05, 0) is 50.3 Å². The molecular formula is C16H21N3O. The van der Waals surface area contributed by atoms with Crippen LogP contribution in [0.4, 0.5) is 5.69 Å². The third-order valence-corrected chi connectivity index (χ3v) is 3.99. The summed E-state index contributed by atoms with van der Waals surface area (Å²) in [5, 5.41) is 0. The van der Waals surface area contributed by atoms with Gasteiger partial charge in [-0.3, -0.25) is 0 Å². The van der Waals surface area contributed by atoms with Crippen LogP contribution >= 0.6 is 0 Å². The number of imidazole rings is 1. The number of ether oxygens (including phenoxy) is 1. The molecule has 2 N–H and O–H groups in total. The van der Waals surface area contributed by atoms with Gasteiger partial charge in [0.1, 0.15) is 11.6 Å². The Morgan fingerprint density at radius 1 is 1.25 bits per heavy atom. The second kappa shape index (κ2) is 5.19. The van der Waals surface area contributed by atoms with Gasteiger partial charge in [-0.2, -0.15) is 0 Å². The standard InChI is InChI=1S/C16H21N3O/c1-11-18-15-5-3-4-6-16(15)19(11)10-12-7-13(17)9-14(8-12)20-2/h7-9H,3-6,10,17H2,1-2H3. The number of hydrogen-bond donors (Lipinski definition) is 1. The van der Waals surface area contributed by atoms with Crippen molar-refractivity contribution < 1.29 is 4.74 Å². The molecule has 20 heavy (non-hydrogen) atoms. The Hall–Kier alpha value is -1.97. The van der Waals surface area contributed by atoms with E-state index in [-0.39, 0.29) is 0 Å². The average molecular weight is 271 g/mol. The molecule has 0 atom stereocenters. The number of nitrogens with zero attached hydrogens (tertiary/aromatic N) is 2. The summed E-state index contributed by atoms with van der Waals surface area (Å²) in [4.78, 5) is 4.71. The van der Waals surface area contributed by atoms with Crippen LogP contribution in [-0.2, 0) is 19.4 Å². The van der Waals surface area contributed by atoms with Crippen molar-refractivity contribution in [3.8, 4) is 5.75 Å². The summed E-state index contributed by atoms with van der Waals surface area (Å²) in [6.07, 6.45) is 4.77. The smallest absolute Gasteiger partial charge is 0.121 e. The van der Waals surface area contributed by atoms with Crippen LogP contribution in [-0.4, -0.2) is 16.7 Å². The molecule has 0 aliphatic heterocycles. The fourth-order valence-corrected chi connectivity index (χ4v) is 3.02. The minimum atomic E-state index is 0.742. The summed E-state index contributed by atoms with van der Waals surface area (Å²) < 4.78 is 7.61.